The second-order valence-electron chi connectivity index (χ2n) is 3.64. The molecule has 1 atom stereocenters. The number of likely N-dealkylation sites (tertiary alicyclic amines) is 1. The molecule has 0 bridgehead atoms. The molecule has 1 heterocycles. The molecule has 1 saturated heterocycles. The lowest BCUT2D eigenvalue weighted by Crippen LogP contribution is -2.37. The molecule has 90 valence electrons. The summed E-state index contributed by atoms with van der Waals surface area (Å²) in [6, 6.07) is -0.0928. The second-order valence-corrected chi connectivity index (χ2v) is 3.64. The topological polar surface area (TPSA) is 55.8 Å². The highest BCUT2D eigenvalue weighted by molar-refractivity contribution is 5.73. The zero-order valence-electron chi connectivity index (χ0n) is 9.48. The molecule has 1 rings (SSSR count). The SMILES string of the molecule is C=CCOC(=O)N1CCC[C@H]1CC(=O)OC. The first kappa shape index (κ1) is 12.5. The van der Waals surface area contributed by atoms with Crippen LogP contribution in [-0.2, 0) is 14.3 Å². The van der Waals surface area contributed by atoms with Gasteiger partial charge in [-0.05, 0) is 12.8 Å². The maximum Gasteiger partial charge on any atom is 0.410 e. The van der Waals surface area contributed by atoms with Gasteiger partial charge in [0.05, 0.1) is 13.5 Å². The molecule has 0 saturated carbocycles. The Bertz CT molecular complexity index is 277. The number of carbonyl (C=O) groups is 2. The molecule has 1 fully saturated rings. The zero-order chi connectivity index (χ0) is 12.0. The monoisotopic (exact) mass is 227 g/mol. The van der Waals surface area contributed by atoms with Crippen molar-refractivity contribution in [3.8, 4) is 0 Å². The molecular weight excluding hydrogens is 210 g/mol. The number of nitrogens with zero attached hydrogens (tertiary/aromatic N) is 1. The van der Waals surface area contributed by atoms with E-state index in [2.05, 4.69) is 11.3 Å². The van der Waals surface area contributed by atoms with Crippen LogP contribution in [0.4, 0.5) is 4.79 Å². The average molecular weight is 227 g/mol. The summed E-state index contributed by atoms with van der Waals surface area (Å²) in [5.41, 5.74) is 0. The summed E-state index contributed by atoms with van der Waals surface area (Å²) in [6.07, 6.45) is 3.08. The summed E-state index contributed by atoms with van der Waals surface area (Å²) in [5, 5.41) is 0. The molecule has 0 N–H and O–H groups in total. The molecule has 0 aromatic carbocycles. The van der Waals surface area contributed by atoms with Gasteiger partial charge in [-0.2, -0.15) is 0 Å². The molecule has 0 aromatic heterocycles. The van der Waals surface area contributed by atoms with E-state index in [-0.39, 0.29) is 31.1 Å². The predicted molar refractivity (Wildman–Crippen MR) is 57.9 cm³/mol. The van der Waals surface area contributed by atoms with Crippen molar-refractivity contribution in [3.05, 3.63) is 12.7 Å². The summed E-state index contributed by atoms with van der Waals surface area (Å²) >= 11 is 0. The highest BCUT2D eigenvalue weighted by Gasteiger charge is 2.31. The largest absolute Gasteiger partial charge is 0.469 e. The molecule has 1 aliphatic heterocycles. The van der Waals surface area contributed by atoms with Crippen LogP contribution in [0, 0.1) is 0 Å². The molecule has 5 nitrogen and oxygen atoms in total. The van der Waals surface area contributed by atoms with E-state index in [1.165, 1.54) is 13.2 Å². The van der Waals surface area contributed by atoms with E-state index < -0.39 is 0 Å². The first-order chi connectivity index (χ1) is 7.69. The minimum atomic E-state index is -0.383. The molecular formula is C11H17NO4. The van der Waals surface area contributed by atoms with Crippen LogP contribution in [0.25, 0.3) is 0 Å². The lowest BCUT2D eigenvalue weighted by Gasteiger charge is -2.22. The standard InChI is InChI=1S/C11H17NO4/c1-3-7-16-11(14)12-6-4-5-9(12)8-10(13)15-2/h3,9H,1,4-8H2,2H3/t9-/m0/s1. The quantitative estimate of drug-likeness (QED) is 0.537. The third-order valence-electron chi connectivity index (χ3n) is 2.57. The first-order valence-electron chi connectivity index (χ1n) is 5.30. The number of methoxy groups -OCH3 is 1. The van der Waals surface area contributed by atoms with Crippen molar-refractivity contribution in [2.24, 2.45) is 0 Å². The Hall–Kier alpha value is -1.52. The lowest BCUT2D eigenvalue weighted by atomic mass is 10.1. The van der Waals surface area contributed by atoms with Gasteiger partial charge in [-0.3, -0.25) is 4.79 Å². The number of amides is 1. The van der Waals surface area contributed by atoms with Crippen molar-refractivity contribution in [1.29, 1.82) is 0 Å². The Morgan fingerprint density at radius 1 is 1.56 bits per heavy atom. The molecule has 0 aliphatic carbocycles. The van der Waals surface area contributed by atoms with Gasteiger partial charge in [-0.15, -0.1) is 0 Å². The van der Waals surface area contributed by atoms with E-state index in [4.69, 9.17) is 4.74 Å². The molecule has 16 heavy (non-hydrogen) atoms. The number of ether oxygens (including phenoxy) is 2. The van der Waals surface area contributed by atoms with Crippen LogP contribution < -0.4 is 0 Å². The fourth-order valence-corrected chi connectivity index (χ4v) is 1.78. The summed E-state index contributed by atoms with van der Waals surface area (Å²) in [6.45, 7) is 4.30. The number of esters is 1. The summed E-state index contributed by atoms with van der Waals surface area (Å²) in [4.78, 5) is 24.3. The summed E-state index contributed by atoms with van der Waals surface area (Å²) < 4.78 is 9.52. The van der Waals surface area contributed by atoms with Crippen LogP contribution in [0.2, 0.25) is 0 Å². The van der Waals surface area contributed by atoms with Crippen molar-refractivity contribution < 1.29 is 19.1 Å². The van der Waals surface area contributed by atoms with Gasteiger partial charge in [0.1, 0.15) is 6.61 Å². The van der Waals surface area contributed by atoms with Gasteiger partial charge in [-0.1, -0.05) is 12.7 Å². The maximum absolute atomic E-state index is 11.6. The van der Waals surface area contributed by atoms with E-state index in [0.717, 1.165) is 12.8 Å². The molecule has 0 spiro atoms. The molecule has 1 amide bonds. The smallest absolute Gasteiger partial charge is 0.410 e. The number of hydrogen-bond acceptors (Lipinski definition) is 4. The summed E-state index contributed by atoms with van der Waals surface area (Å²) in [5.74, 6) is -0.298. The van der Waals surface area contributed by atoms with Crippen LogP contribution >= 0.6 is 0 Å². The van der Waals surface area contributed by atoms with E-state index in [1.807, 2.05) is 0 Å². The van der Waals surface area contributed by atoms with Crippen LogP contribution in [0.5, 0.6) is 0 Å². The second kappa shape index (κ2) is 6.15. The maximum atomic E-state index is 11.6. The fourth-order valence-electron chi connectivity index (χ4n) is 1.78. The minimum absolute atomic E-state index is 0.0928. The predicted octanol–water partition coefficient (Wildman–Crippen LogP) is 1.34. The van der Waals surface area contributed by atoms with Crippen LogP contribution in [-0.4, -0.2) is 43.3 Å². The van der Waals surface area contributed by atoms with Crippen LogP contribution in [0.3, 0.4) is 0 Å². The van der Waals surface area contributed by atoms with Crippen molar-refractivity contribution in [2.75, 3.05) is 20.3 Å². The van der Waals surface area contributed by atoms with Crippen LogP contribution in [0.1, 0.15) is 19.3 Å². The highest BCUT2D eigenvalue weighted by Crippen LogP contribution is 2.21. The van der Waals surface area contributed by atoms with Crippen LogP contribution in [0.15, 0.2) is 12.7 Å². The third-order valence-corrected chi connectivity index (χ3v) is 2.57. The number of hydrogen-bond donors (Lipinski definition) is 0. The number of carbonyl (C=O) groups excluding carboxylic acids is 2. The lowest BCUT2D eigenvalue weighted by molar-refractivity contribution is -0.141. The van der Waals surface area contributed by atoms with Crippen molar-refractivity contribution in [2.45, 2.75) is 25.3 Å². The first-order valence-corrected chi connectivity index (χ1v) is 5.30. The third kappa shape index (κ3) is 3.25. The molecule has 1 aliphatic rings. The van der Waals surface area contributed by atoms with E-state index in [0.29, 0.717) is 6.54 Å². The van der Waals surface area contributed by atoms with E-state index >= 15 is 0 Å². The Kier molecular flexibility index (Phi) is 4.82. The molecule has 0 unspecified atom stereocenters. The molecule has 0 aromatic rings. The normalized spacial score (nSPS) is 19.3. The zero-order valence-corrected chi connectivity index (χ0v) is 9.48. The summed E-state index contributed by atoms with van der Waals surface area (Å²) in [7, 11) is 1.34. The van der Waals surface area contributed by atoms with Crippen molar-refractivity contribution in [1.82, 2.24) is 4.90 Å². The highest BCUT2D eigenvalue weighted by atomic mass is 16.6. The Balaban J connectivity index is 2.47. The van der Waals surface area contributed by atoms with E-state index in [9.17, 15) is 9.59 Å². The van der Waals surface area contributed by atoms with Gasteiger partial charge in [0, 0.05) is 12.6 Å². The minimum Gasteiger partial charge on any atom is -0.469 e. The van der Waals surface area contributed by atoms with Gasteiger partial charge in [0.25, 0.3) is 0 Å². The number of rotatable bonds is 4. The molecule has 0 radical (unpaired) electrons. The average Bonchev–Trinajstić information content (AvgIpc) is 2.73. The van der Waals surface area contributed by atoms with Gasteiger partial charge in [-0.25, -0.2) is 4.79 Å². The Morgan fingerprint density at radius 2 is 2.31 bits per heavy atom. The van der Waals surface area contributed by atoms with Gasteiger partial charge < -0.3 is 14.4 Å². The van der Waals surface area contributed by atoms with Crippen molar-refractivity contribution >= 4 is 12.1 Å². The fraction of sp³-hybridized carbons (Fsp3) is 0.636. The van der Waals surface area contributed by atoms with Crippen molar-refractivity contribution in [3.63, 3.8) is 0 Å². The van der Waals surface area contributed by atoms with Gasteiger partial charge >= 0.3 is 12.1 Å². The molecule has 5 heteroatoms. The van der Waals surface area contributed by atoms with Gasteiger partial charge in [0.15, 0.2) is 0 Å². The Labute approximate surface area is 95.0 Å². The Morgan fingerprint density at radius 3 is 2.94 bits per heavy atom. The van der Waals surface area contributed by atoms with Gasteiger partial charge in [0.2, 0.25) is 0 Å². The van der Waals surface area contributed by atoms with E-state index in [1.54, 1.807) is 4.90 Å².